The molecule has 0 aromatic carbocycles. The summed E-state index contributed by atoms with van der Waals surface area (Å²) in [5.41, 5.74) is 1.04. The van der Waals surface area contributed by atoms with Gasteiger partial charge in [0, 0.05) is 7.05 Å². The molecule has 0 bridgehead atoms. The van der Waals surface area contributed by atoms with E-state index in [0.29, 0.717) is 12.5 Å². The predicted molar refractivity (Wildman–Crippen MR) is 77.2 cm³/mol. The lowest BCUT2D eigenvalue weighted by atomic mass is 9.94. The van der Waals surface area contributed by atoms with E-state index < -0.39 is 5.54 Å². The van der Waals surface area contributed by atoms with Crippen LogP contribution in [0, 0.1) is 12.8 Å². The summed E-state index contributed by atoms with van der Waals surface area (Å²) in [4.78, 5) is 26.9. The van der Waals surface area contributed by atoms with E-state index >= 15 is 0 Å². The molecule has 0 spiro atoms. The summed E-state index contributed by atoms with van der Waals surface area (Å²) in [6.07, 6.45) is 2.04. The molecule has 6 nitrogen and oxygen atoms in total. The minimum absolute atomic E-state index is 0.0159. The third-order valence-corrected chi connectivity index (χ3v) is 4.34. The summed E-state index contributed by atoms with van der Waals surface area (Å²) in [7, 11) is 1.87. The van der Waals surface area contributed by atoms with Gasteiger partial charge in [-0.3, -0.25) is 14.3 Å². The zero-order valence-corrected chi connectivity index (χ0v) is 13.0. The Morgan fingerprint density at radius 2 is 2.05 bits per heavy atom. The molecule has 2 aliphatic rings. The first-order valence-corrected chi connectivity index (χ1v) is 7.42. The number of aromatic nitrogens is 2. The summed E-state index contributed by atoms with van der Waals surface area (Å²) in [6, 6.07) is 1.64. The maximum atomic E-state index is 12.7. The summed E-state index contributed by atoms with van der Waals surface area (Å²) in [6.45, 7) is 5.89. The van der Waals surface area contributed by atoms with Crippen LogP contribution in [0.15, 0.2) is 6.07 Å². The molecule has 2 fully saturated rings. The van der Waals surface area contributed by atoms with Gasteiger partial charge in [-0.05, 0) is 45.6 Å². The molecule has 6 heteroatoms. The second kappa shape index (κ2) is 4.58. The second-order valence-corrected chi connectivity index (χ2v) is 6.73. The SMILES string of the molecule is Cc1cc(CN2C(=O)C(C)(C)NC(=O)C2C2CC2)n(C)n1. The Kier molecular flexibility index (Phi) is 3.07. The van der Waals surface area contributed by atoms with E-state index in [9.17, 15) is 9.59 Å². The van der Waals surface area contributed by atoms with Gasteiger partial charge < -0.3 is 10.2 Å². The number of rotatable bonds is 3. The Morgan fingerprint density at radius 3 is 2.57 bits per heavy atom. The van der Waals surface area contributed by atoms with E-state index in [1.54, 1.807) is 23.4 Å². The maximum absolute atomic E-state index is 12.7. The molecule has 1 N–H and O–H groups in total. The van der Waals surface area contributed by atoms with Gasteiger partial charge in [0.1, 0.15) is 11.6 Å². The molecule has 2 amide bonds. The highest BCUT2D eigenvalue weighted by Gasteiger charge is 2.50. The van der Waals surface area contributed by atoms with Gasteiger partial charge in [0.2, 0.25) is 11.8 Å². The average molecular weight is 290 g/mol. The van der Waals surface area contributed by atoms with Crippen molar-refractivity contribution >= 4 is 11.8 Å². The Morgan fingerprint density at radius 1 is 1.38 bits per heavy atom. The molecular formula is C15H22N4O2. The van der Waals surface area contributed by atoms with Crippen LogP contribution in [0.4, 0.5) is 0 Å². The normalized spacial score (nSPS) is 25.1. The minimum atomic E-state index is -0.837. The first kappa shape index (κ1) is 14.1. The fraction of sp³-hybridized carbons (Fsp3) is 0.667. The molecule has 1 aliphatic carbocycles. The molecule has 1 aliphatic heterocycles. The highest BCUT2D eigenvalue weighted by Crippen LogP contribution is 2.38. The molecule has 21 heavy (non-hydrogen) atoms. The Labute approximate surface area is 124 Å². The number of piperazine rings is 1. The standard InChI is InChI=1S/C15H22N4O2/c1-9-7-11(18(4)17-9)8-19-12(10-5-6-10)13(20)16-15(2,3)14(19)21/h7,10,12H,5-6,8H2,1-4H3,(H,16,20). The van der Waals surface area contributed by atoms with Crippen molar-refractivity contribution in [2.45, 2.75) is 51.7 Å². The van der Waals surface area contributed by atoms with E-state index in [-0.39, 0.29) is 17.9 Å². The molecule has 114 valence electrons. The maximum Gasteiger partial charge on any atom is 0.248 e. The number of carbonyl (C=O) groups is 2. The van der Waals surface area contributed by atoms with Gasteiger partial charge in [0.25, 0.3) is 0 Å². The number of carbonyl (C=O) groups excluding carboxylic acids is 2. The summed E-state index contributed by atoms with van der Waals surface area (Å²) in [5, 5.41) is 7.18. The number of aryl methyl sites for hydroxylation is 2. The Bertz CT molecular complexity index is 601. The van der Waals surface area contributed by atoms with Gasteiger partial charge in [0.05, 0.1) is 17.9 Å². The molecule has 3 rings (SSSR count). The van der Waals surface area contributed by atoms with Crippen molar-refractivity contribution in [2.75, 3.05) is 0 Å². The van der Waals surface area contributed by atoms with Gasteiger partial charge in [-0.1, -0.05) is 0 Å². The lowest BCUT2D eigenvalue weighted by molar-refractivity contribution is -0.155. The summed E-state index contributed by atoms with van der Waals surface area (Å²) < 4.78 is 1.78. The Balaban J connectivity index is 1.92. The van der Waals surface area contributed by atoms with Crippen LogP contribution < -0.4 is 5.32 Å². The fourth-order valence-electron chi connectivity index (χ4n) is 3.10. The smallest absolute Gasteiger partial charge is 0.248 e. The third kappa shape index (κ3) is 2.43. The molecule has 1 saturated carbocycles. The zero-order valence-electron chi connectivity index (χ0n) is 13.0. The number of amides is 2. The number of hydrogen-bond donors (Lipinski definition) is 1. The third-order valence-electron chi connectivity index (χ3n) is 4.34. The van der Waals surface area contributed by atoms with Crippen molar-refractivity contribution in [3.8, 4) is 0 Å². The van der Waals surface area contributed by atoms with Crippen LogP contribution in [-0.2, 0) is 23.2 Å². The molecule has 1 atom stereocenters. The summed E-state index contributed by atoms with van der Waals surface area (Å²) >= 11 is 0. The van der Waals surface area contributed by atoms with Gasteiger partial charge in [-0.15, -0.1) is 0 Å². The van der Waals surface area contributed by atoms with Gasteiger partial charge in [-0.25, -0.2) is 0 Å². The number of hydrogen-bond acceptors (Lipinski definition) is 3. The lowest BCUT2D eigenvalue weighted by Crippen LogP contribution is -2.68. The fourth-order valence-corrected chi connectivity index (χ4v) is 3.10. The van der Waals surface area contributed by atoms with Gasteiger partial charge in [0.15, 0.2) is 0 Å². The van der Waals surface area contributed by atoms with Gasteiger partial charge >= 0.3 is 0 Å². The van der Waals surface area contributed by atoms with E-state index in [1.807, 2.05) is 20.0 Å². The molecule has 0 radical (unpaired) electrons. The number of nitrogens with one attached hydrogen (secondary N) is 1. The lowest BCUT2D eigenvalue weighted by Gasteiger charge is -2.43. The largest absolute Gasteiger partial charge is 0.340 e. The molecular weight excluding hydrogens is 268 g/mol. The average Bonchev–Trinajstić information content (AvgIpc) is 3.13. The first-order chi connectivity index (χ1) is 9.79. The second-order valence-electron chi connectivity index (χ2n) is 6.73. The van der Waals surface area contributed by atoms with Crippen LogP contribution in [0.3, 0.4) is 0 Å². The number of nitrogens with zero attached hydrogens (tertiary/aromatic N) is 3. The van der Waals surface area contributed by atoms with Crippen LogP contribution >= 0.6 is 0 Å². The molecule has 1 aromatic heterocycles. The highest BCUT2D eigenvalue weighted by molar-refractivity contribution is 5.99. The predicted octanol–water partition coefficient (Wildman–Crippen LogP) is 0.744. The monoisotopic (exact) mass is 290 g/mol. The zero-order chi connectivity index (χ0) is 15.4. The van der Waals surface area contributed by atoms with Crippen molar-refractivity contribution in [2.24, 2.45) is 13.0 Å². The first-order valence-electron chi connectivity index (χ1n) is 7.42. The summed E-state index contributed by atoms with van der Waals surface area (Å²) in [5.74, 6) is 0.262. The van der Waals surface area contributed by atoms with Crippen LogP contribution in [0.5, 0.6) is 0 Å². The van der Waals surface area contributed by atoms with Crippen molar-refractivity contribution in [1.29, 1.82) is 0 Å². The highest BCUT2D eigenvalue weighted by atomic mass is 16.2. The van der Waals surface area contributed by atoms with Crippen molar-refractivity contribution in [1.82, 2.24) is 20.0 Å². The topological polar surface area (TPSA) is 67.2 Å². The molecule has 1 saturated heterocycles. The van der Waals surface area contributed by atoms with Crippen molar-refractivity contribution in [3.63, 3.8) is 0 Å². The van der Waals surface area contributed by atoms with Gasteiger partial charge in [-0.2, -0.15) is 5.10 Å². The van der Waals surface area contributed by atoms with Crippen LogP contribution in [0.2, 0.25) is 0 Å². The molecule has 2 heterocycles. The quantitative estimate of drug-likeness (QED) is 0.893. The van der Waals surface area contributed by atoms with Crippen molar-refractivity contribution < 1.29 is 9.59 Å². The Hall–Kier alpha value is -1.85. The van der Waals surface area contributed by atoms with Crippen LogP contribution in [-0.4, -0.2) is 38.1 Å². The van der Waals surface area contributed by atoms with E-state index in [4.69, 9.17) is 0 Å². The minimum Gasteiger partial charge on any atom is -0.340 e. The molecule has 1 unspecified atom stereocenters. The van der Waals surface area contributed by atoms with E-state index in [0.717, 1.165) is 24.2 Å². The van der Waals surface area contributed by atoms with Crippen LogP contribution in [0.1, 0.15) is 38.1 Å². The van der Waals surface area contributed by atoms with Crippen molar-refractivity contribution in [3.05, 3.63) is 17.5 Å². The van der Waals surface area contributed by atoms with E-state index in [1.165, 1.54) is 0 Å². The van der Waals surface area contributed by atoms with Crippen LogP contribution in [0.25, 0.3) is 0 Å². The van der Waals surface area contributed by atoms with E-state index in [2.05, 4.69) is 10.4 Å². The molecule has 1 aromatic rings.